The third-order valence-electron chi connectivity index (χ3n) is 2.60. The Labute approximate surface area is 118 Å². The lowest BCUT2D eigenvalue weighted by atomic mass is 10.1. The first-order valence-electron chi connectivity index (χ1n) is 5.49. The Bertz CT molecular complexity index is 692. The van der Waals surface area contributed by atoms with Crippen molar-refractivity contribution in [2.24, 2.45) is 5.73 Å². The van der Waals surface area contributed by atoms with Crippen LogP contribution >= 0.6 is 11.6 Å². The van der Waals surface area contributed by atoms with E-state index in [2.05, 4.69) is 5.32 Å². The highest BCUT2D eigenvalue weighted by molar-refractivity contribution is 6.30. The van der Waals surface area contributed by atoms with E-state index in [4.69, 9.17) is 23.1 Å². The van der Waals surface area contributed by atoms with E-state index >= 15 is 0 Å². The van der Waals surface area contributed by atoms with Gasteiger partial charge < -0.3 is 16.8 Å². The molecule has 0 atom stereocenters. The van der Waals surface area contributed by atoms with Crippen LogP contribution < -0.4 is 16.8 Å². The van der Waals surface area contributed by atoms with Crippen LogP contribution in [0.5, 0.6) is 0 Å². The molecule has 0 aliphatic rings. The molecule has 5 N–H and O–H groups in total. The van der Waals surface area contributed by atoms with Crippen molar-refractivity contribution in [1.82, 2.24) is 0 Å². The molecule has 0 saturated carbocycles. The number of nitrogens with two attached hydrogens (primary N) is 2. The van der Waals surface area contributed by atoms with Crippen molar-refractivity contribution >= 4 is 34.6 Å². The van der Waals surface area contributed by atoms with Gasteiger partial charge in [-0.15, -0.1) is 0 Å². The van der Waals surface area contributed by atoms with Gasteiger partial charge in [0, 0.05) is 11.4 Å². The Morgan fingerprint density at radius 1 is 1.15 bits per heavy atom. The number of benzene rings is 2. The average molecular weight is 298 g/mol. The maximum Gasteiger partial charge on any atom is 0.250 e. The largest absolute Gasteiger partial charge is 0.398 e. The molecule has 2 rings (SSSR count). The predicted octanol–water partition coefficient (Wildman–Crippen LogP) is 3.04. The number of primary amides is 1. The normalized spacial score (nSPS) is 10.3. The summed E-state index contributed by atoms with van der Waals surface area (Å²) in [4.78, 5) is 11.2. The average Bonchev–Trinajstić information content (AvgIpc) is 2.36. The molecule has 0 bridgehead atoms. The zero-order valence-corrected chi connectivity index (χ0v) is 10.8. The van der Waals surface area contributed by atoms with Gasteiger partial charge in [-0.05, 0) is 30.3 Å². The van der Waals surface area contributed by atoms with Crippen LogP contribution in [0.25, 0.3) is 0 Å². The van der Waals surface area contributed by atoms with Crippen molar-refractivity contribution in [2.75, 3.05) is 11.1 Å². The molecule has 2 aromatic rings. The Morgan fingerprint density at radius 3 is 2.45 bits per heavy atom. The summed E-state index contributed by atoms with van der Waals surface area (Å²) in [6.45, 7) is 0. The Morgan fingerprint density at radius 2 is 1.85 bits per heavy atom. The maximum absolute atomic E-state index is 13.7. The van der Waals surface area contributed by atoms with Crippen LogP contribution in [0.3, 0.4) is 0 Å². The molecule has 4 nitrogen and oxygen atoms in total. The van der Waals surface area contributed by atoms with Gasteiger partial charge in [-0.25, -0.2) is 8.78 Å². The van der Waals surface area contributed by atoms with E-state index in [0.717, 1.165) is 12.1 Å². The maximum atomic E-state index is 13.7. The molecule has 2 aromatic carbocycles. The molecule has 0 radical (unpaired) electrons. The number of anilines is 3. The number of carbonyl (C=O) groups is 1. The third kappa shape index (κ3) is 2.80. The molecule has 104 valence electrons. The molecule has 0 fully saturated rings. The molecule has 7 heteroatoms. The van der Waals surface area contributed by atoms with Gasteiger partial charge in [0.1, 0.15) is 11.6 Å². The van der Waals surface area contributed by atoms with E-state index in [1.54, 1.807) is 0 Å². The van der Waals surface area contributed by atoms with Gasteiger partial charge in [-0.2, -0.15) is 0 Å². The molecular weight excluding hydrogens is 288 g/mol. The smallest absolute Gasteiger partial charge is 0.250 e. The molecule has 0 saturated heterocycles. The van der Waals surface area contributed by atoms with E-state index in [1.165, 1.54) is 18.2 Å². The first-order valence-corrected chi connectivity index (χ1v) is 5.87. The first kappa shape index (κ1) is 14.1. The lowest BCUT2D eigenvalue weighted by Gasteiger charge is -2.11. The van der Waals surface area contributed by atoms with Crippen LogP contribution in [0, 0.1) is 11.6 Å². The highest BCUT2D eigenvalue weighted by atomic mass is 35.5. The van der Waals surface area contributed by atoms with Crippen LogP contribution in [0.4, 0.5) is 25.8 Å². The first-order chi connectivity index (χ1) is 9.38. The Hall–Kier alpha value is -2.34. The lowest BCUT2D eigenvalue weighted by Crippen LogP contribution is -2.14. The monoisotopic (exact) mass is 297 g/mol. The van der Waals surface area contributed by atoms with E-state index < -0.39 is 17.5 Å². The van der Waals surface area contributed by atoms with E-state index in [9.17, 15) is 13.6 Å². The van der Waals surface area contributed by atoms with Crippen LogP contribution in [0.15, 0.2) is 30.3 Å². The molecular formula is C13H10ClF2N3O. The van der Waals surface area contributed by atoms with Crippen molar-refractivity contribution in [1.29, 1.82) is 0 Å². The summed E-state index contributed by atoms with van der Waals surface area (Å²) in [6, 6.07) is 6.02. The van der Waals surface area contributed by atoms with Gasteiger partial charge >= 0.3 is 0 Å². The van der Waals surface area contributed by atoms with Crippen LogP contribution in [-0.2, 0) is 0 Å². The highest BCUT2D eigenvalue weighted by Crippen LogP contribution is 2.27. The third-order valence-corrected chi connectivity index (χ3v) is 2.91. The summed E-state index contributed by atoms with van der Waals surface area (Å²) in [5.74, 6) is -2.13. The second-order valence-electron chi connectivity index (χ2n) is 4.04. The zero-order chi connectivity index (χ0) is 14.9. The number of hydrogen-bond acceptors (Lipinski definition) is 3. The summed E-state index contributed by atoms with van der Waals surface area (Å²) < 4.78 is 27.0. The number of rotatable bonds is 3. The summed E-state index contributed by atoms with van der Waals surface area (Å²) in [5, 5.41) is 2.58. The van der Waals surface area contributed by atoms with E-state index in [1.807, 2.05) is 0 Å². The SMILES string of the molecule is NC(=O)c1cc(Nc2ccc(Cl)c(F)c2)c(F)cc1N. The molecule has 0 aliphatic carbocycles. The van der Waals surface area contributed by atoms with Crippen molar-refractivity contribution in [2.45, 2.75) is 0 Å². The molecule has 0 spiro atoms. The van der Waals surface area contributed by atoms with Crippen molar-refractivity contribution in [3.8, 4) is 0 Å². The number of amides is 1. The lowest BCUT2D eigenvalue weighted by molar-refractivity contribution is 0.100. The summed E-state index contributed by atoms with van der Waals surface area (Å²) in [5.41, 5.74) is 10.7. The number of hydrogen-bond donors (Lipinski definition) is 3. The number of halogens is 3. The standard InChI is InChI=1S/C13H10ClF2N3O/c14-8-2-1-6(3-9(8)15)19-12-4-7(13(18)20)11(17)5-10(12)16/h1-5,19H,17H2,(H2,18,20). The number of carbonyl (C=O) groups excluding carboxylic acids is 1. The molecule has 0 aliphatic heterocycles. The summed E-state index contributed by atoms with van der Waals surface area (Å²) in [6.07, 6.45) is 0. The fourth-order valence-corrected chi connectivity index (χ4v) is 1.74. The fourth-order valence-electron chi connectivity index (χ4n) is 1.63. The van der Waals surface area contributed by atoms with Gasteiger partial charge in [0.25, 0.3) is 5.91 Å². The van der Waals surface area contributed by atoms with Crippen LogP contribution in [0.1, 0.15) is 10.4 Å². The molecule has 1 amide bonds. The minimum atomic E-state index is -0.784. The highest BCUT2D eigenvalue weighted by Gasteiger charge is 2.12. The van der Waals surface area contributed by atoms with Crippen molar-refractivity contribution < 1.29 is 13.6 Å². The predicted molar refractivity (Wildman–Crippen MR) is 74.0 cm³/mol. The molecule has 20 heavy (non-hydrogen) atoms. The van der Waals surface area contributed by atoms with E-state index in [0.29, 0.717) is 0 Å². The summed E-state index contributed by atoms with van der Waals surface area (Å²) >= 11 is 5.55. The topological polar surface area (TPSA) is 81.1 Å². The fraction of sp³-hybridized carbons (Fsp3) is 0. The van der Waals surface area contributed by atoms with Crippen LogP contribution in [0.2, 0.25) is 5.02 Å². The van der Waals surface area contributed by atoms with Gasteiger partial charge in [0.05, 0.1) is 16.3 Å². The van der Waals surface area contributed by atoms with Crippen molar-refractivity contribution in [3.05, 3.63) is 52.6 Å². The Kier molecular flexibility index (Phi) is 3.76. The van der Waals surface area contributed by atoms with Gasteiger partial charge in [-0.3, -0.25) is 4.79 Å². The van der Waals surface area contributed by atoms with E-state index in [-0.39, 0.29) is 27.6 Å². The number of nitrogen functional groups attached to an aromatic ring is 1. The quantitative estimate of drug-likeness (QED) is 0.762. The summed E-state index contributed by atoms with van der Waals surface area (Å²) in [7, 11) is 0. The second-order valence-corrected chi connectivity index (χ2v) is 4.44. The Balaban J connectivity index is 2.40. The van der Waals surface area contributed by atoms with Gasteiger partial charge in [0.2, 0.25) is 0 Å². The second kappa shape index (κ2) is 5.34. The minimum Gasteiger partial charge on any atom is -0.398 e. The minimum absolute atomic E-state index is 0.0247. The zero-order valence-electron chi connectivity index (χ0n) is 10.1. The molecule has 0 heterocycles. The van der Waals surface area contributed by atoms with Crippen LogP contribution in [-0.4, -0.2) is 5.91 Å². The molecule has 0 aromatic heterocycles. The van der Waals surface area contributed by atoms with Crippen molar-refractivity contribution in [3.63, 3.8) is 0 Å². The van der Waals surface area contributed by atoms with Gasteiger partial charge in [-0.1, -0.05) is 11.6 Å². The van der Waals surface area contributed by atoms with Gasteiger partial charge in [0.15, 0.2) is 0 Å². The number of nitrogens with one attached hydrogen (secondary N) is 1. The molecule has 0 unspecified atom stereocenters.